The molecule has 0 fully saturated rings. The maximum Gasteiger partial charge on any atom is 0.433 e. The lowest BCUT2D eigenvalue weighted by Crippen LogP contribution is -2.08. The summed E-state index contributed by atoms with van der Waals surface area (Å²) in [4.78, 5) is 7.51. The normalized spacial score (nSPS) is 12.1. The predicted molar refractivity (Wildman–Crippen MR) is 54.3 cm³/mol. The third-order valence-electron chi connectivity index (χ3n) is 2.03. The molecule has 0 aliphatic heterocycles. The second-order valence-electron chi connectivity index (χ2n) is 3.31. The average molecular weight is 247 g/mol. The van der Waals surface area contributed by atoms with Crippen LogP contribution in [0.5, 0.6) is 0 Å². The second kappa shape index (κ2) is 3.59. The number of nitrogens with zero attached hydrogens (tertiary/aromatic N) is 2. The minimum atomic E-state index is -4.50. The summed E-state index contributed by atoms with van der Waals surface area (Å²) in [7, 11) is 0. The van der Waals surface area contributed by atoms with Gasteiger partial charge in [-0.3, -0.25) is 0 Å². The Bertz CT molecular complexity index is 551. The molecule has 2 aromatic heterocycles. The zero-order chi connectivity index (χ0) is 11.9. The summed E-state index contributed by atoms with van der Waals surface area (Å²) >= 11 is 5.74. The van der Waals surface area contributed by atoms with E-state index in [2.05, 4.69) is 9.97 Å². The van der Waals surface area contributed by atoms with Crippen LogP contribution < -0.4 is 0 Å². The van der Waals surface area contributed by atoms with Gasteiger partial charge in [0.25, 0.3) is 0 Å². The van der Waals surface area contributed by atoms with Crippen LogP contribution in [0.2, 0.25) is 5.02 Å². The van der Waals surface area contributed by atoms with Crippen LogP contribution in [0.25, 0.3) is 11.0 Å². The molecule has 0 N–H and O–H groups in total. The highest BCUT2D eigenvalue weighted by Gasteiger charge is 2.33. The topological polar surface area (TPSA) is 25.8 Å². The van der Waals surface area contributed by atoms with E-state index < -0.39 is 11.9 Å². The third kappa shape index (κ3) is 1.95. The fraction of sp³-hybridized carbons (Fsp3) is 0.200. The van der Waals surface area contributed by atoms with Crippen molar-refractivity contribution < 1.29 is 13.2 Å². The van der Waals surface area contributed by atoms with Gasteiger partial charge >= 0.3 is 6.18 Å². The van der Waals surface area contributed by atoms with Crippen molar-refractivity contribution in [2.75, 3.05) is 0 Å². The molecule has 6 heteroatoms. The second-order valence-corrected chi connectivity index (χ2v) is 3.71. The maximum atomic E-state index is 12.4. The van der Waals surface area contributed by atoms with E-state index in [0.717, 1.165) is 6.07 Å². The monoisotopic (exact) mass is 246 g/mol. The number of hydrogen-bond donors (Lipinski definition) is 0. The Morgan fingerprint density at radius 2 is 1.88 bits per heavy atom. The van der Waals surface area contributed by atoms with Crippen LogP contribution in [0.4, 0.5) is 13.2 Å². The largest absolute Gasteiger partial charge is 0.433 e. The van der Waals surface area contributed by atoms with Gasteiger partial charge in [-0.1, -0.05) is 11.6 Å². The summed E-state index contributed by atoms with van der Waals surface area (Å²) < 4.78 is 37.3. The van der Waals surface area contributed by atoms with Crippen molar-refractivity contribution in [3.8, 4) is 0 Å². The van der Waals surface area contributed by atoms with Crippen LogP contribution in [0, 0.1) is 6.92 Å². The van der Waals surface area contributed by atoms with Gasteiger partial charge in [-0.2, -0.15) is 13.2 Å². The summed E-state index contributed by atoms with van der Waals surface area (Å²) in [5.41, 5.74) is 0.103. The average Bonchev–Trinajstić information content (AvgIpc) is 2.17. The Morgan fingerprint density at radius 1 is 1.19 bits per heavy atom. The van der Waals surface area contributed by atoms with Gasteiger partial charge in [0.1, 0.15) is 11.2 Å². The molecule has 2 rings (SSSR count). The van der Waals surface area contributed by atoms with Crippen molar-refractivity contribution in [2.45, 2.75) is 13.1 Å². The van der Waals surface area contributed by atoms with E-state index in [1.165, 1.54) is 6.07 Å². The van der Waals surface area contributed by atoms with Crippen molar-refractivity contribution in [1.29, 1.82) is 0 Å². The molecule has 2 nitrogen and oxygen atoms in total. The minimum Gasteiger partial charge on any atom is -0.250 e. The quantitative estimate of drug-likeness (QED) is 0.710. The van der Waals surface area contributed by atoms with Gasteiger partial charge in [0.2, 0.25) is 0 Å². The molecule has 2 aromatic rings. The number of hydrogen-bond acceptors (Lipinski definition) is 2. The first-order valence-corrected chi connectivity index (χ1v) is 4.77. The SMILES string of the molecule is Cc1ccc2nc(C(F)(F)F)cc(Cl)c2n1. The van der Waals surface area contributed by atoms with E-state index in [-0.39, 0.29) is 16.1 Å². The van der Waals surface area contributed by atoms with Crippen LogP contribution in [0.1, 0.15) is 11.4 Å². The summed E-state index contributed by atoms with van der Waals surface area (Å²) in [6.45, 7) is 1.73. The highest BCUT2D eigenvalue weighted by molar-refractivity contribution is 6.34. The molecule has 16 heavy (non-hydrogen) atoms. The van der Waals surface area contributed by atoms with Crippen molar-refractivity contribution in [2.24, 2.45) is 0 Å². The molecular weight excluding hydrogens is 241 g/mol. The van der Waals surface area contributed by atoms with E-state index in [1.807, 2.05) is 0 Å². The van der Waals surface area contributed by atoms with Gasteiger partial charge in [0.05, 0.1) is 10.5 Å². The molecule has 0 unspecified atom stereocenters. The third-order valence-corrected chi connectivity index (χ3v) is 2.32. The fourth-order valence-electron chi connectivity index (χ4n) is 1.31. The number of halogens is 4. The van der Waals surface area contributed by atoms with E-state index in [0.29, 0.717) is 5.69 Å². The van der Waals surface area contributed by atoms with Gasteiger partial charge in [-0.05, 0) is 25.1 Å². The van der Waals surface area contributed by atoms with Crippen molar-refractivity contribution in [1.82, 2.24) is 9.97 Å². The molecule has 0 saturated carbocycles. The number of alkyl halides is 3. The molecule has 0 radical (unpaired) electrons. The van der Waals surface area contributed by atoms with Crippen LogP contribution >= 0.6 is 11.6 Å². The van der Waals surface area contributed by atoms with E-state index in [4.69, 9.17) is 11.6 Å². The first-order chi connectivity index (χ1) is 7.38. The van der Waals surface area contributed by atoms with E-state index in [1.54, 1.807) is 13.0 Å². The van der Waals surface area contributed by atoms with Gasteiger partial charge < -0.3 is 0 Å². The smallest absolute Gasteiger partial charge is 0.250 e. The number of rotatable bonds is 0. The molecule has 0 saturated heterocycles. The van der Waals surface area contributed by atoms with Crippen molar-refractivity contribution in [3.05, 3.63) is 34.6 Å². The lowest BCUT2D eigenvalue weighted by atomic mass is 10.2. The van der Waals surface area contributed by atoms with Crippen LogP contribution in [-0.2, 0) is 6.18 Å². The molecule has 84 valence electrons. The van der Waals surface area contributed by atoms with Crippen LogP contribution in [0.3, 0.4) is 0 Å². The summed E-state index contributed by atoms with van der Waals surface area (Å²) in [5.74, 6) is 0. The van der Waals surface area contributed by atoms with Gasteiger partial charge in [-0.25, -0.2) is 9.97 Å². The maximum absolute atomic E-state index is 12.4. The Morgan fingerprint density at radius 3 is 2.50 bits per heavy atom. The van der Waals surface area contributed by atoms with Crippen molar-refractivity contribution >= 4 is 22.6 Å². The van der Waals surface area contributed by atoms with Crippen LogP contribution in [0.15, 0.2) is 18.2 Å². The summed E-state index contributed by atoms with van der Waals surface area (Å²) in [6.07, 6.45) is -4.50. The Kier molecular flexibility index (Phi) is 2.50. The molecule has 0 atom stereocenters. The van der Waals surface area contributed by atoms with Crippen molar-refractivity contribution in [3.63, 3.8) is 0 Å². The first-order valence-electron chi connectivity index (χ1n) is 4.39. The zero-order valence-corrected chi connectivity index (χ0v) is 8.89. The van der Waals surface area contributed by atoms with Gasteiger partial charge in [0.15, 0.2) is 0 Å². The number of pyridine rings is 2. The standard InChI is InChI=1S/C10H6ClF3N2/c1-5-2-3-7-9(15-5)6(11)4-8(16-7)10(12,13)14/h2-4H,1H3. The first kappa shape index (κ1) is 11.1. The Balaban J connectivity index is 2.74. The molecule has 0 spiro atoms. The molecule has 0 aromatic carbocycles. The van der Waals surface area contributed by atoms with Gasteiger partial charge in [0, 0.05) is 5.69 Å². The van der Waals surface area contributed by atoms with Gasteiger partial charge in [-0.15, -0.1) is 0 Å². The highest BCUT2D eigenvalue weighted by atomic mass is 35.5. The molecule has 0 aliphatic rings. The predicted octanol–water partition coefficient (Wildman–Crippen LogP) is 3.61. The lowest BCUT2D eigenvalue weighted by Gasteiger charge is -2.08. The Hall–Kier alpha value is -1.36. The Labute approximate surface area is 94.1 Å². The minimum absolute atomic E-state index is 0.0407. The number of aryl methyl sites for hydroxylation is 1. The summed E-state index contributed by atoms with van der Waals surface area (Å²) in [5, 5.41) is -0.0407. The van der Waals surface area contributed by atoms with Crippen LogP contribution in [-0.4, -0.2) is 9.97 Å². The number of aromatic nitrogens is 2. The molecular formula is C10H6ClF3N2. The molecule has 0 amide bonds. The lowest BCUT2D eigenvalue weighted by molar-refractivity contribution is -0.140. The van der Waals surface area contributed by atoms with E-state index >= 15 is 0 Å². The molecule has 0 aliphatic carbocycles. The summed E-state index contributed by atoms with van der Waals surface area (Å²) in [6, 6.07) is 3.85. The zero-order valence-electron chi connectivity index (χ0n) is 8.14. The number of fused-ring (bicyclic) bond motifs is 1. The highest BCUT2D eigenvalue weighted by Crippen LogP contribution is 2.32. The fourth-order valence-corrected chi connectivity index (χ4v) is 1.55. The molecule has 0 bridgehead atoms. The van der Waals surface area contributed by atoms with E-state index in [9.17, 15) is 13.2 Å². The molecule has 2 heterocycles.